The molecule has 4 heteroatoms. The molecule has 3 nitrogen and oxygen atoms in total. The molecule has 100 valence electrons. The molecule has 1 fully saturated rings. The third-order valence-electron chi connectivity index (χ3n) is 3.74. The molecule has 18 heavy (non-hydrogen) atoms. The Labute approximate surface area is 113 Å². The SMILES string of the molecule is COC1CCCCC1(CO)Nc1cccc(Cl)c1. The average molecular weight is 270 g/mol. The summed E-state index contributed by atoms with van der Waals surface area (Å²) in [6.45, 7) is 0.0675. The van der Waals surface area contributed by atoms with Crippen LogP contribution in [-0.2, 0) is 4.74 Å². The van der Waals surface area contributed by atoms with Crippen molar-refractivity contribution in [2.24, 2.45) is 0 Å². The number of aliphatic hydroxyl groups excluding tert-OH is 1. The monoisotopic (exact) mass is 269 g/mol. The van der Waals surface area contributed by atoms with Gasteiger partial charge in [0, 0.05) is 17.8 Å². The maximum absolute atomic E-state index is 9.80. The predicted octanol–water partition coefficient (Wildman–Crippen LogP) is 3.07. The van der Waals surface area contributed by atoms with Crippen molar-refractivity contribution in [2.75, 3.05) is 19.0 Å². The minimum Gasteiger partial charge on any atom is -0.394 e. The lowest BCUT2D eigenvalue weighted by Gasteiger charge is -2.43. The Morgan fingerprint density at radius 1 is 1.50 bits per heavy atom. The number of methoxy groups -OCH3 is 1. The van der Waals surface area contributed by atoms with Gasteiger partial charge in [-0.2, -0.15) is 0 Å². The van der Waals surface area contributed by atoms with Crippen LogP contribution >= 0.6 is 11.6 Å². The highest BCUT2D eigenvalue weighted by Gasteiger charge is 2.40. The minimum atomic E-state index is -0.391. The lowest BCUT2D eigenvalue weighted by molar-refractivity contribution is -0.00855. The molecule has 1 aliphatic carbocycles. The van der Waals surface area contributed by atoms with E-state index in [1.807, 2.05) is 24.3 Å². The molecule has 2 unspecified atom stereocenters. The van der Waals surface area contributed by atoms with E-state index in [0.29, 0.717) is 5.02 Å². The van der Waals surface area contributed by atoms with Crippen LogP contribution in [-0.4, -0.2) is 30.5 Å². The molecule has 2 rings (SSSR count). The number of nitrogens with one attached hydrogen (secondary N) is 1. The molecule has 1 aliphatic rings. The maximum Gasteiger partial charge on any atom is 0.0865 e. The summed E-state index contributed by atoms with van der Waals surface area (Å²) in [5.41, 5.74) is 0.540. The van der Waals surface area contributed by atoms with Gasteiger partial charge in [0.05, 0.1) is 18.2 Å². The molecule has 1 aromatic rings. The van der Waals surface area contributed by atoms with Crippen molar-refractivity contribution in [3.05, 3.63) is 29.3 Å². The van der Waals surface area contributed by atoms with Gasteiger partial charge in [0.15, 0.2) is 0 Å². The number of halogens is 1. The van der Waals surface area contributed by atoms with Gasteiger partial charge in [-0.3, -0.25) is 0 Å². The van der Waals surface area contributed by atoms with Gasteiger partial charge in [0.2, 0.25) is 0 Å². The Balaban J connectivity index is 2.21. The summed E-state index contributed by atoms with van der Waals surface area (Å²) in [5.74, 6) is 0. The Morgan fingerprint density at radius 3 is 3.00 bits per heavy atom. The smallest absolute Gasteiger partial charge is 0.0865 e. The number of benzene rings is 1. The van der Waals surface area contributed by atoms with Crippen molar-refractivity contribution < 1.29 is 9.84 Å². The van der Waals surface area contributed by atoms with E-state index in [9.17, 15) is 5.11 Å². The third-order valence-corrected chi connectivity index (χ3v) is 3.98. The third kappa shape index (κ3) is 2.79. The first-order valence-corrected chi connectivity index (χ1v) is 6.75. The zero-order valence-electron chi connectivity index (χ0n) is 10.7. The second-order valence-corrected chi connectivity index (χ2v) is 5.36. The first-order valence-electron chi connectivity index (χ1n) is 6.37. The van der Waals surface area contributed by atoms with E-state index in [0.717, 1.165) is 31.4 Å². The molecule has 0 aliphatic heterocycles. The van der Waals surface area contributed by atoms with Gasteiger partial charge in [-0.05, 0) is 31.0 Å². The molecule has 2 N–H and O–H groups in total. The highest BCUT2D eigenvalue weighted by Crippen LogP contribution is 2.34. The molecule has 0 spiro atoms. The van der Waals surface area contributed by atoms with E-state index in [4.69, 9.17) is 16.3 Å². The van der Waals surface area contributed by atoms with Gasteiger partial charge >= 0.3 is 0 Å². The molecule has 0 aromatic heterocycles. The van der Waals surface area contributed by atoms with Gasteiger partial charge in [0.25, 0.3) is 0 Å². The topological polar surface area (TPSA) is 41.5 Å². The lowest BCUT2D eigenvalue weighted by atomic mass is 9.79. The average Bonchev–Trinajstić information content (AvgIpc) is 2.39. The van der Waals surface area contributed by atoms with E-state index in [1.54, 1.807) is 7.11 Å². The fourth-order valence-corrected chi connectivity index (χ4v) is 2.96. The molecule has 1 saturated carbocycles. The van der Waals surface area contributed by atoms with Gasteiger partial charge in [-0.1, -0.05) is 30.5 Å². The maximum atomic E-state index is 9.80. The Bertz CT molecular complexity index is 399. The molecule has 0 saturated heterocycles. The molecule has 0 radical (unpaired) electrons. The van der Waals surface area contributed by atoms with Gasteiger partial charge in [0.1, 0.15) is 0 Å². The van der Waals surface area contributed by atoms with E-state index in [1.165, 1.54) is 0 Å². The van der Waals surface area contributed by atoms with E-state index in [-0.39, 0.29) is 12.7 Å². The summed E-state index contributed by atoms with van der Waals surface area (Å²) < 4.78 is 5.54. The number of hydrogen-bond donors (Lipinski definition) is 2. The van der Waals surface area contributed by atoms with Crippen LogP contribution in [0.5, 0.6) is 0 Å². The second-order valence-electron chi connectivity index (χ2n) is 4.92. The van der Waals surface area contributed by atoms with Gasteiger partial charge < -0.3 is 15.2 Å². The fraction of sp³-hybridized carbons (Fsp3) is 0.571. The van der Waals surface area contributed by atoms with Crippen molar-refractivity contribution in [3.8, 4) is 0 Å². The first kappa shape index (κ1) is 13.7. The number of hydrogen-bond acceptors (Lipinski definition) is 3. The van der Waals surface area contributed by atoms with Gasteiger partial charge in [-0.25, -0.2) is 0 Å². The zero-order chi connectivity index (χ0) is 13.0. The normalized spacial score (nSPS) is 28.1. The molecule has 0 heterocycles. The molecule has 2 atom stereocenters. The summed E-state index contributed by atoms with van der Waals surface area (Å²) in [4.78, 5) is 0. The Morgan fingerprint density at radius 2 is 2.33 bits per heavy atom. The predicted molar refractivity (Wildman–Crippen MR) is 74.2 cm³/mol. The largest absolute Gasteiger partial charge is 0.394 e. The standard InChI is InChI=1S/C14H20ClNO2/c1-18-13-7-2-3-8-14(13,10-17)16-12-6-4-5-11(15)9-12/h4-6,9,13,16-17H,2-3,7-8,10H2,1H3. The van der Waals surface area contributed by atoms with E-state index in [2.05, 4.69) is 5.32 Å². The first-order chi connectivity index (χ1) is 8.70. The van der Waals surface area contributed by atoms with Crippen molar-refractivity contribution in [1.82, 2.24) is 0 Å². The van der Waals surface area contributed by atoms with Crippen LogP contribution in [0, 0.1) is 0 Å². The molecule has 0 bridgehead atoms. The Kier molecular flexibility index (Phi) is 4.49. The zero-order valence-corrected chi connectivity index (χ0v) is 11.4. The van der Waals surface area contributed by atoms with Crippen LogP contribution in [0.1, 0.15) is 25.7 Å². The van der Waals surface area contributed by atoms with Crippen LogP contribution in [0.3, 0.4) is 0 Å². The van der Waals surface area contributed by atoms with Crippen molar-refractivity contribution in [3.63, 3.8) is 0 Å². The van der Waals surface area contributed by atoms with E-state index >= 15 is 0 Å². The number of rotatable bonds is 4. The number of anilines is 1. The summed E-state index contributed by atoms with van der Waals surface area (Å²) >= 11 is 5.99. The van der Waals surface area contributed by atoms with Crippen LogP contribution in [0.25, 0.3) is 0 Å². The van der Waals surface area contributed by atoms with Crippen LogP contribution in [0.4, 0.5) is 5.69 Å². The van der Waals surface area contributed by atoms with Gasteiger partial charge in [-0.15, -0.1) is 0 Å². The Hall–Kier alpha value is -0.770. The van der Waals surface area contributed by atoms with Crippen LogP contribution in [0.2, 0.25) is 5.02 Å². The molecule has 1 aromatic carbocycles. The fourth-order valence-electron chi connectivity index (χ4n) is 2.77. The highest BCUT2D eigenvalue weighted by molar-refractivity contribution is 6.30. The summed E-state index contributed by atoms with van der Waals surface area (Å²) in [6.07, 6.45) is 4.18. The summed E-state index contributed by atoms with van der Waals surface area (Å²) in [5, 5.41) is 13.9. The minimum absolute atomic E-state index is 0.0373. The lowest BCUT2D eigenvalue weighted by Crippen LogP contribution is -2.55. The molecular weight excluding hydrogens is 250 g/mol. The molecular formula is C14H20ClNO2. The van der Waals surface area contributed by atoms with Crippen LogP contribution in [0.15, 0.2) is 24.3 Å². The number of aliphatic hydroxyl groups is 1. The quantitative estimate of drug-likeness (QED) is 0.883. The molecule has 0 amide bonds. The highest BCUT2D eigenvalue weighted by atomic mass is 35.5. The van der Waals surface area contributed by atoms with Crippen molar-refractivity contribution >= 4 is 17.3 Å². The second kappa shape index (κ2) is 5.91. The number of ether oxygens (including phenoxy) is 1. The van der Waals surface area contributed by atoms with Crippen molar-refractivity contribution in [1.29, 1.82) is 0 Å². The summed E-state index contributed by atoms with van der Waals surface area (Å²) in [7, 11) is 1.71. The van der Waals surface area contributed by atoms with Crippen molar-refractivity contribution in [2.45, 2.75) is 37.3 Å². The summed E-state index contributed by atoms with van der Waals surface area (Å²) in [6, 6.07) is 7.58. The van der Waals surface area contributed by atoms with E-state index < -0.39 is 5.54 Å². The van der Waals surface area contributed by atoms with Crippen LogP contribution < -0.4 is 5.32 Å².